The van der Waals surface area contributed by atoms with Crippen LogP contribution in [0.4, 0.5) is 5.82 Å². The number of carbonyl (C=O) groups is 1. The molecule has 2 aliphatic rings. The molecule has 0 aliphatic carbocycles. The number of anilines is 1. The Balaban J connectivity index is 1.67. The number of carbonyl (C=O) groups excluding carboxylic acids is 1. The monoisotopic (exact) mass is 304 g/mol. The van der Waals surface area contributed by atoms with Gasteiger partial charge < -0.3 is 14.5 Å². The van der Waals surface area contributed by atoms with Gasteiger partial charge in [-0.2, -0.15) is 0 Å². The summed E-state index contributed by atoms with van der Waals surface area (Å²) in [5.74, 6) is 1.17. The van der Waals surface area contributed by atoms with Crippen molar-refractivity contribution in [2.45, 2.75) is 38.8 Å². The summed E-state index contributed by atoms with van der Waals surface area (Å²) in [5, 5.41) is 0. The summed E-state index contributed by atoms with van der Waals surface area (Å²) in [6.45, 7) is 7.09. The maximum atomic E-state index is 12.9. The zero-order chi connectivity index (χ0) is 15.5. The smallest absolute Gasteiger partial charge is 0.227 e. The fraction of sp³-hybridized carbons (Fsp3) is 0.688. The van der Waals surface area contributed by atoms with E-state index in [-0.39, 0.29) is 24.0 Å². The quantitative estimate of drug-likeness (QED) is 0.825. The Bertz CT molecular complexity index is 510. The minimum absolute atomic E-state index is 0.0449. The third kappa shape index (κ3) is 3.21. The molecule has 0 unspecified atom stereocenters. The Morgan fingerprint density at radius 3 is 2.95 bits per heavy atom. The van der Waals surface area contributed by atoms with Crippen LogP contribution >= 0.6 is 0 Å². The number of morpholine rings is 1. The molecule has 22 heavy (non-hydrogen) atoms. The lowest BCUT2D eigenvalue weighted by molar-refractivity contribution is -0.147. The van der Waals surface area contributed by atoms with E-state index in [1.54, 1.807) is 18.6 Å². The van der Waals surface area contributed by atoms with Crippen molar-refractivity contribution < 1.29 is 9.53 Å². The van der Waals surface area contributed by atoms with Crippen LogP contribution in [0.2, 0.25) is 0 Å². The highest BCUT2D eigenvalue weighted by Gasteiger charge is 2.34. The van der Waals surface area contributed by atoms with Crippen molar-refractivity contribution in [2.24, 2.45) is 5.92 Å². The predicted octanol–water partition coefficient (Wildman–Crippen LogP) is 1.33. The second kappa shape index (κ2) is 6.60. The minimum Gasteiger partial charge on any atom is -0.375 e. The molecular formula is C16H24N4O2. The molecule has 3 atom stereocenters. The van der Waals surface area contributed by atoms with E-state index in [2.05, 4.69) is 21.8 Å². The lowest BCUT2D eigenvalue weighted by Crippen LogP contribution is -2.54. The lowest BCUT2D eigenvalue weighted by Gasteiger charge is -2.41. The number of rotatable bonds is 2. The van der Waals surface area contributed by atoms with Gasteiger partial charge in [0.15, 0.2) is 0 Å². The Morgan fingerprint density at radius 1 is 1.32 bits per heavy atom. The van der Waals surface area contributed by atoms with Crippen molar-refractivity contribution in [1.82, 2.24) is 14.9 Å². The fourth-order valence-corrected chi connectivity index (χ4v) is 3.29. The molecule has 6 nitrogen and oxygen atoms in total. The molecule has 0 bridgehead atoms. The SMILES string of the molecule is C[C@@H]1CN(C(=O)[C@@H]2CCCN(c3cnccn3)C2)[C@@H](C)CO1. The molecule has 0 N–H and O–H groups in total. The van der Waals surface area contributed by atoms with E-state index in [1.807, 2.05) is 11.8 Å². The largest absolute Gasteiger partial charge is 0.375 e. The van der Waals surface area contributed by atoms with Crippen LogP contribution in [-0.2, 0) is 9.53 Å². The van der Waals surface area contributed by atoms with E-state index in [9.17, 15) is 4.79 Å². The van der Waals surface area contributed by atoms with E-state index >= 15 is 0 Å². The molecule has 3 rings (SSSR count). The van der Waals surface area contributed by atoms with Crippen LogP contribution in [0.1, 0.15) is 26.7 Å². The normalized spacial score (nSPS) is 29.5. The molecule has 0 saturated carbocycles. The molecule has 2 fully saturated rings. The van der Waals surface area contributed by atoms with Crippen LogP contribution in [-0.4, -0.2) is 59.2 Å². The molecule has 0 spiro atoms. The molecule has 2 aliphatic heterocycles. The van der Waals surface area contributed by atoms with Gasteiger partial charge in [-0.1, -0.05) is 0 Å². The summed E-state index contributed by atoms with van der Waals surface area (Å²) < 4.78 is 5.63. The molecule has 6 heteroatoms. The fourth-order valence-electron chi connectivity index (χ4n) is 3.29. The number of hydrogen-bond acceptors (Lipinski definition) is 5. The number of nitrogens with zero attached hydrogens (tertiary/aromatic N) is 4. The third-order valence-electron chi connectivity index (χ3n) is 4.54. The van der Waals surface area contributed by atoms with Gasteiger partial charge in [0.25, 0.3) is 0 Å². The van der Waals surface area contributed by atoms with Gasteiger partial charge in [0, 0.05) is 32.0 Å². The molecule has 1 aromatic rings. The standard InChI is InChI=1S/C16H24N4O2/c1-12-11-22-13(2)9-20(12)16(21)14-4-3-7-19(10-14)15-8-17-5-6-18-15/h5-6,8,12-14H,3-4,7,9-11H2,1-2H3/t12-,13+,14+/m0/s1. The van der Waals surface area contributed by atoms with Gasteiger partial charge in [0.1, 0.15) is 5.82 Å². The zero-order valence-corrected chi connectivity index (χ0v) is 13.3. The van der Waals surface area contributed by atoms with Crippen LogP contribution in [0.25, 0.3) is 0 Å². The minimum atomic E-state index is 0.0449. The molecule has 1 aromatic heterocycles. The highest BCUT2D eigenvalue weighted by atomic mass is 16.5. The van der Waals surface area contributed by atoms with Crippen molar-refractivity contribution in [2.75, 3.05) is 31.1 Å². The molecule has 2 saturated heterocycles. The van der Waals surface area contributed by atoms with Crippen LogP contribution in [0.3, 0.4) is 0 Å². The van der Waals surface area contributed by atoms with Gasteiger partial charge >= 0.3 is 0 Å². The predicted molar refractivity (Wildman–Crippen MR) is 83.6 cm³/mol. The molecule has 120 valence electrons. The van der Waals surface area contributed by atoms with E-state index in [0.717, 1.165) is 31.7 Å². The highest BCUT2D eigenvalue weighted by Crippen LogP contribution is 2.24. The van der Waals surface area contributed by atoms with Crippen molar-refractivity contribution in [3.05, 3.63) is 18.6 Å². The first-order valence-corrected chi connectivity index (χ1v) is 8.08. The van der Waals surface area contributed by atoms with Crippen LogP contribution in [0, 0.1) is 5.92 Å². The van der Waals surface area contributed by atoms with Gasteiger partial charge in [0.05, 0.1) is 30.9 Å². The van der Waals surface area contributed by atoms with Crippen LogP contribution in [0.5, 0.6) is 0 Å². The van der Waals surface area contributed by atoms with Gasteiger partial charge in [-0.3, -0.25) is 9.78 Å². The lowest BCUT2D eigenvalue weighted by atomic mass is 9.95. The number of aromatic nitrogens is 2. The first kappa shape index (κ1) is 15.2. The zero-order valence-electron chi connectivity index (χ0n) is 13.3. The maximum absolute atomic E-state index is 12.9. The third-order valence-corrected chi connectivity index (χ3v) is 4.54. The Kier molecular flexibility index (Phi) is 4.57. The van der Waals surface area contributed by atoms with Crippen molar-refractivity contribution >= 4 is 11.7 Å². The second-order valence-corrected chi connectivity index (χ2v) is 6.33. The van der Waals surface area contributed by atoms with Crippen molar-refractivity contribution in [3.8, 4) is 0 Å². The Hall–Kier alpha value is -1.69. The number of ether oxygens (including phenoxy) is 1. The summed E-state index contributed by atoms with van der Waals surface area (Å²) in [5.41, 5.74) is 0. The summed E-state index contributed by atoms with van der Waals surface area (Å²) in [6.07, 6.45) is 7.24. The maximum Gasteiger partial charge on any atom is 0.227 e. The van der Waals surface area contributed by atoms with E-state index in [4.69, 9.17) is 4.74 Å². The number of piperidine rings is 1. The van der Waals surface area contributed by atoms with Crippen molar-refractivity contribution in [1.29, 1.82) is 0 Å². The van der Waals surface area contributed by atoms with Gasteiger partial charge in [-0.25, -0.2) is 4.98 Å². The highest BCUT2D eigenvalue weighted by molar-refractivity contribution is 5.80. The molecule has 1 amide bonds. The van der Waals surface area contributed by atoms with Gasteiger partial charge in [-0.05, 0) is 26.7 Å². The topological polar surface area (TPSA) is 58.6 Å². The summed E-state index contributed by atoms with van der Waals surface area (Å²) in [4.78, 5) is 25.5. The molecular weight excluding hydrogens is 280 g/mol. The van der Waals surface area contributed by atoms with E-state index in [0.29, 0.717) is 13.2 Å². The first-order chi connectivity index (χ1) is 10.6. The summed E-state index contributed by atoms with van der Waals surface area (Å²) >= 11 is 0. The first-order valence-electron chi connectivity index (χ1n) is 8.08. The van der Waals surface area contributed by atoms with E-state index < -0.39 is 0 Å². The van der Waals surface area contributed by atoms with Crippen LogP contribution in [0.15, 0.2) is 18.6 Å². The molecule has 3 heterocycles. The van der Waals surface area contributed by atoms with Gasteiger partial charge in [0.2, 0.25) is 5.91 Å². The Morgan fingerprint density at radius 2 is 2.18 bits per heavy atom. The molecule has 0 aromatic carbocycles. The number of amides is 1. The average molecular weight is 304 g/mol. The number of hydrogen-bond donors (Lipinski definition) is 0. The van der Waals surface area contributed by atoms with Gasteiger partial charge in [-0.15, -0.1) is 0 Å². The summed E-state index contributed by atoms with van der Waals surface area (Å²) in [6, 6.07) is 0.163. The van der Waals surface area contributed by atoms with Crippen LogP contribution < -0.4 is 4.90 Å². The second-order valence-electron chi connectivity index (χ2n) is 6.33. The molecule has 0 radical (unpaired) electrons. The average Bonchev–Trinajstić information content (AvgIpc) is 2.57. The van der Waals surface area contributed by atoms with E-state index in [1.165, 1.54) is 0 Å². The van der Waals surface area contributed by atoms with Crippen molar-refractivity contribution in [3.63, 3.8) is 0 Å². The Labute approximate surface area is 131 Å². The summed E-state index contributed by atoms with van der Waals surface area (Å²) in [7, 11) is 0.